The van der Waals surface area contributed by atoms with Crippen LogP contribution in [0.15, 0.2) is 0 Å². The van der Waals surface area contributed by atoms with Crippen LogP contribution < -0.4 is 0 Å². The van der Waals surface area contributed by atoms with Crippen LogP contribution in [0, 0.1) is 0 Å². The third-order valence-corrected chi connectivity index (χ3v) is 10.4. The Morgan fingerprint density at radius 1 is 0.773 bits per heavy atom. The molecule has 0 aromatic heterocycles. The molecule has 4 nitrogen and oxygen atoms in total. The second-order valence-electron chi connectivity index (χ2n) is 6.98. The Hall–Kier alpha value is -0.523. The molecule has 0 unspecified atom stereocenters. The highest BCUT2D eigenvalue weighted by molar-refractivity contribution is 6.77. The Morgan fingerprint density at radius 2 is 1.05 bits per heavy atom. The van der Waals surface area contributed by atoms with Crippen LogP contribution in [-0.2, 0) is 14.0 Å². The van der Waals surface area contributed by atoms with Gasteiger partial charge in [0, 0.05) is 0 Å². The number of aliphatic hydroxyl groups is 1. The van der Waals surface area contributed by atoms with Gasteiger partial charge in [-0.05, 0) is 44.3 Å². The molecule has 5 heteroatoms. The minimum atomic E-state index is -1.87. The van der Waals surface area contributed by atoms with Crippen molar-refractivity contribution in [3.8, 4) is 0 Å². The van der Waals surface area contributed by atoms with Crippen LogP contribution >= 0.6 is 0 Å². The minimum absolute atomic E-state index is 0.138. The third kappa shape index (κ3) is 7.16. The van der Waals surface area contributed by atoms with Gasteiger partial charge < -0.3 is 9.53 Å². The highest BCUT2D eigenvalue weighted by Gasteiger charge is 2.46. The van der Waals surface area contributed by atoms with Crippen LogP contribution in [0.3, 0.4) is 0 Å². The van der Waals surface area contributed by atoms with Crippen molar-refractivity contribution in [3.63, 3.8) is 0 Å². The molecule has 0 fully saturated rings. The fraction of sp³-hybridized carbons (Fsp3) is 0.882. The summed E-state index contributed by atoms with van der Waals surface area (Å²) in [5, 5.41) is 8.28. The lowest BCUT2D eigenvalue weighted by atomic mass is 10.3. The Labute approximate surface area is 137 Å². The van der Waals surface area contributed by atoms with Gasteiger partial charge >= 0.3 is 0 Å². The summed E-state index contributed by atoms with van der Waals surface area (Å²) in [6.07, 6.45) is -1.04. The van der Waals surface area contributed by atoms with Gasteiger partial charge in [0.05, 0.1) is 0 Å². The number of hydrogen-bond donors (Lipinski definition) is 1. The van der Waals surface area contributed by atoms with Crippen molar-refractivity contribution in [1.82, 2.24) is 0 Å². The van der Waals surface area contributed by atoms with Crippen molar-refractivity contribution in [2.45, 2.75) is 98.1 Å². The van der Waals surface area contributed by atoms with E-state index in [2.05, 4.69) is 41.5 Å². The van der Waals surface area contributed by atoms with Crippen molar-refractivity contribution in [2.24, 2.45) is 0 Å². The third-order valence-electron chi connectivity index (χ3n) is 4.25. The second kappa shape index (κ2) is 10.3. The maximum Gasteiger partial charge on any atom is 0.201 e. The number of carbonyl (C=O) groups is 2. The van der Waals surface area contributed by atoms with Crippen molar-refractivity contribution in [1.29, 1.82) is 0 Å². The molecule has 0 heterocycles. The van der Waals surface area contributed by atoms with E-state index in [0.717, 1.165) is 0 Å². The number of hydrogen-bond acceptors (Lipinski definition) is 4. The monoisotopic (exact) mass is 332 g/mol. The molecule has 0 rings (SSSR count). The van der Waals surface area contributed by atoms with Gasteiger partial charge in [-0.25, -0.2) is 0 Å². The number of Topliss-reactive ketones (excluding diaryl/α,β-unsaturated/α-hetero) is 2. The van der Waals surface area contributed by atoms with Crippen LogP contribution in [0.5, 0.6) is 0 Å². The van der Waals surface area contributed by atoms with E-state index in [4.69, 9.17) is 9.53 Å². The molecule has 0 radical (unpaired) electrons. The quantitative estimate of drug-likeness (QED) is 0.713. The molecular weight excluding hydrogens is 296 g/mol. The van der Waals surface area contributed by atoms with Crippen LogP contribution in [0.2, 0.25) is 16.6 Å². The SMILES string of the molecule is CC(=O)[C@H](C)O.CC(=O)[C@H](C)O[Si](C(C)C)(C(C)C)C(C)C. The Bertz CT molecular complexity index is 327. The number of rotatable bonds is 7. The zero-order chi connectivity index (χ0) is 18.2. The average molecular weight is 333 g/mol. The van der Waals surface area contributed by atoms with Gasteiger partial charge in [0.25, 0.3) is 0 Å². The van der Waals surface area contributed by atoms with E-state index in [0.29, 0.717) is 16.6 Å². The molecule has 22 heavy (non-hydrogen) atoms. The predicted molar refractivity (Wildman–Crippen MR) is 94.6 cm³/mol. The maximum atomic E-state index is 11.4. The summed E-state index contributed by atoms with van der Waals surface area (Å²) in [5.41, 5.74) is 1.61. The largest absolute Gasteiger partial charge is 0.406 e. The Kier molecular flexibility index (Phi) is 11.1. The van der Waals surface area contributed by atoms with Gasteiger partial charge in [-0.3, -0.25) is 9.59 Å². The van der Waals surface area contributed by atoms with E-state index in [1.165, 1.54) is 13.8 Å². The Balaban J connectivity index is 0. The molecule has 0 amide bonds. The minimum Gasteiger partial charge on any atom is -0.406 e. The fourth-order valence-electron chi connectivity index (χ4n) is 2.80. The van der Waals surface area contributed by atoms with E-state index in [1.54, 1.807) is 6.92 Å². The van der Waals surface area contributed by atoms with E-state index in [1.807, 2.05) is 6.92 Å². The predicted octanol–water partition coefficient (Wildman–Crippen LogP) is 4.11. The molecule has 0 aromatic carbocycles. The first-order chi connectivity index (χ1) is 9.80. The molecule has 0 aromatic rings. The molecule has 132 valence electrons. The standard InChI is InChI=1S/C13H28O2Si.C4H8O2/c1-9(2)16(10(3)4,11(5)6)15-13(8)12(7)14;1-3(5)4(2)6/h9-11,13H,1-8H3;3,5H,1-2H3/t13-;3-/m00/s1. The van der Waals surface area contributed by atoms with Gasteiger partial charge in [0.15, 0.2) is 11.6 Å². The van der Waals surface area contributed by atoms with Gasteiger partial charge in [-0.2, -0.15) is 0 Å². The summed E-state index contributed by atoms with van der Waals surface area (Å²) in [6, 6.07) is 0. The lowest BCUT2D eigenvalue weighted by Crippen LogP contribution is -2.50. The summed E-state index contributed by atoms with van der Waals surface area (Å²) >= 11 is 0. The molecule has 0 bridgehead atoms. The summed E-state index contributed by atoms with van der Waals surface area (Å²) in [4.78, 5) is 21.3. The molecule has 1 N–H and O–H groups in total. The van der Waals surface area contributed by atoms with Crippen molar-refractivity contribution >= 4 is 19.9 Å². The molecule has 0 saturated heterocycles. The summed E-state index contributed by atoms with van der Waals surface area (Å²) in [7, 11) is -1.87. The molecule has 0 aliphatic carbocycles. The molecule has 0 spiro atoms. The zero-order valence-corrected chi connectivity index (χ0v) is 17.1. The molecule has 0 aliphatic heterocycles. The van der Waals surface area contributed by atoms with E-state index < -0.39 is 14.4 Å². The van der Waals surface area contributed by atoms with Crippen LogP contribution in [0.25, 0.3) is 0 Å². The van der Waals surface area contributed by atoms with Gasteiger partial charge in [0.1, 0.15) is 12.2 Å². The van der Waals surface area contributed by atoms with Crippen molar-refractivity contribution in [3.05, 3.63) is 0 Å². The smallest absolute Gasteiger partial charge is 0.201 e. The van der Waals surface area contributed by atoms with E-state index in [-0.39, 0.29) is 17.7 Å². The van der Waals surface area contributed by atoms with Crippen LogP contribution in [0.1, 0.15) is 69.2 Å². The van der Waals surface area contributed by atoms with Crippen LogP contribution in [-0.4, -0.2) is 37.2 Å². The topological polar surface area (TPSA) is 63.6 Å². The van der Waals surface area contributed by atoms with Gasteiger partial charge in [-0.1, -0.05) is 41.5 Å². The molecule has 2 atom stereocenters. The second-order valence-corrected chi connectivity index (χ2v) is 12.4. The molecular formula is C17H36O4Si. The fourth-order valence-corrected chi connectivity index (χ4v) is 8.39. The highest BCUT2D eigenvalue weighted by Crippen LogP contribution is 2.42. The first-order valence-corrected chi connectivity index (χ1v) is 10.3. The Morgan fingerprint density at radius 3 is 1.18 bits per heavy atom. The summed E-state index contributed by atoms with van der Waals surface area (Å²) < 4.78 is 6.27. The highest BCUT2D eigenvalue weighted by atomic mass is 28.4. The normalized spacial score (nSPS) is 14.6. The van der Waals surface area contributed by atoms with E-state index >= 15 is 0 Å². The van der Waals surface area contributed by atoms with Gasteiger partial charge in [0.2, 0.25) is 8.32 Å². The first-order valence-electron chi connectivity index (χ1n) is 8.17. The van der Waals surface area contributed by atoms with Crippen molar-refractivity contribution < 1.29 is 19.1 Å². The first kappa shape index (κ1) is 23.7. The molecule has 0 saturated carbocycles. The summed E-state index contributed by atoms with van der Waals surface area (Å²) in [6.45, 7) is 19.7. The lowest BCUT2D eigenvalue weighted by Gasteiger charge is -2.43. The van der Waals surface area contributed by atoms with Crippen LogP contribution in [0.4, 0.5) is 0 Å². The number of carbonyl (C=O) groups excluding carboxylic acids is 2. The summed E-state index contributed by atoms with van der Waals surface area (Å²) in [5.74, 6) is -0.0474. The van der Waals surface area contributed by atoms with E-state index in [9.17, 15) is 9.59 Å². The molecule has 0 aliphatic rings. The van der Waals surface area contributed by atoms with Crippen molar-refractivity contribution in [2.75, 3.05) is 0 Å². The average Bonchev–Trinajstić information content (AvgIpc) is 2.34. The lowest BCUT2D eigenvalue weighted by molar-refractivity contribution is -0.124. The van der Waals surface area contributed by atoms with Gasteiger partial charge in [-0.15, -0.1) is 0 Å². The number of aliphatic hydroxyl groups excluding tert-OH is 1. The number of ketones is 2. The zero-order valence-electron chi connectivity index (χ0n) is 16.1. The maximum absolute atomic E-state index is 11.4.